The second-order valence-corrected chi connectivity index (χ2v) is 5.43. The zero-order valence-corrected chi connectivity index (χ0v) is 13.5. The molecule has 0 saturated carbocycles. The molecule has 0 heterocycles. The van der Waals surface area contributed by atoms with Crippen LogP contribution in [0.4, 0.5) is 0 Å². The highest BCUT2D eigenvalue weighted by atomic mass is 32.2. The van der Waals surface area contributed by atoms with Gasteiger partial charge in [0.1, 0.15) is 0 Å². The molecular weight excluding hydrogens is 262 g/mol. The van der Waals surface area contributed by atoms with Crippen LogP contribution in [0.2, 0.25) is 0 Å². The smallest absolute Gasteiger partial charge is 0.191 e. The second kappa shape index (κ2) is 14.0. The Hall–Kier alpha value is -0.460. The molecule has 1 unspecified atom stereocenters. The molecule has 6 heteroatoms. The standard InChI is InChI=1S/C13H29N3O2S/c1-5-14-13(16-11-12(2)19-4)15-7-6-8-18-10-9-17-3/h12H,5-11H2,1-4H3,(H2,14,15,16). The number of ether oxygens (including phenoxy) is 2. The SMILES string of the molecule is CCNC(=NCC(C)SC)NCCCOCCOC. The maximum Gasteiger partial charge on any atom is 0.191 e. The van der Waals surface area contributed by atoms with Gasteiger partial charge >= 0.3 is 0 Å². The van der Waals surface area contributed by atoms with Crippen LogP contribution in [0, 0.1) is 0 Å². The fourth-order valence-corrected chi connectivity index (χ4v) is 1.49. The first kappa shape index (κ1) is 18.5. The van der Waals surface area contributed by atoms with Gasteiger partial charge in [-0.05, 0) is 19.6 Å². The van der Waals surface area contributed by atoms with Crippen LogP contribution in [0.15, 0.2) is 4.99 Å². The number of rotatable bonds is 11. The third-order valence-corrected chi connectivity index (χ3v) is 3.40. The van der Waals surface area contributed by atoms with Crippen molar-refractivity contribution in [3.05, 3.63) is 0 Å². The minimum absolute atomic E-state index is 0.549. The van der Waals surface area contributed by atoms with Crippen molar-refractivity contribution in [1.29, 1.82) is 0 Å². The lowest BCUT2D eigenvalue weighted by Gasteiger charge is -2.12. The summed E-state index contributed by atoms with van der Waals surface area (Å²) in [6, 6.07) is 0. The summed E-state index contributed by atoms with van der Waals surface area (Å²) in [5.41, 5.74) is 0. The van der Waals surface area contributed by atoms with Crippen LogP contribution in [0.5, 0.6) is 0 Å². The summed E-state index contributed by atoms with van der Waals surface area (Å²) in [5, 5.41) is 7.10. The molecule has 0 bridgehead atoms. The van der Waals surface area contributed by atoms with E-state index in [0.29, 0.717) is 18.5 Å². The van der Waals surface area contributed by atoms with Gasteiger partial charge in [0.15, 0.2) is 5.96 Å². The van der Waals surface area contributed by atoms with Crippen molar-refractivity contribution in [2.24, 2.45) is 4.99 Å². The zero-order chi connectivity index (χ0) is 14.3. The number of thioether (sulfide) groups is 1. The molecule has 0 rings (SSSR count). The molecule has 0 amide bonds. The van der Waals surface area contributed by atoms with Crippen molar-refractivity contribution >= 4 is 17.7 Å². The van der Waals surface area contributed by atoms with E-state index in [1.165, 1.54) is 0 Å². The van der Waals surface area contributed by atoms with Gasteiger partial charge in [0.25, 0.3) is 0 Å². The average molecular weight is 291 g/mol. The molecule has 0 aromatic heterocycles. The third-order valence-electron chi connectivity index (χ3n) is 2.44. The van der Waals surface area contributed by atoms with E-state index in [4.69, 9.17) is 9.47 Å². The number of nitrogens with one attached hydrogen (secondary N) is 2. The van der Waals surface area contributed by atoms with Crippen LogP contribution in [0.1, 0.15) is 20.3 Å². The van der Waals surface area contributed by atoms with Crippen LogP contribution in [0.25, 0.3) is 0 Å². The Morgan fingerprint density at radius 1 is 1.26 bits per heavy atom. The normalized spacial score (nSPS) is 13.4. The van der Waals surface area contributed by atoms with Gasteiger partial charge in [-0.1, -0.05) is 6.92 Å². The quantitative estimate of drug-likeness (QED) is 0.342. The Labute approximate surface area is 121 Å². The van der Waals surface area contributed by atoms with Crippen LogP contribution in [0.3, 0.4) is 0 Å². The van der Waals surface area contributed by atoms with Crippen LogP contribution in [-0.4, -0.2) is 64.0 Å². The average Bonchev–Trinajstić information content (AvgIpc) is 2.43. The Kier molecular flexibility index (Phi) is 13.6. The first-order valence-electron chi connectivity index (χ1n) is 6.86. The molecule has 0 radical (unpaired) electrons. The summed E-state index contributed by atoms with van der Waals surface area (Å²) in [7, 11) is 1.68. The van der Waals surface area contributed by atoms with E-state index in [2.05, 4.69) is 35.7 Å². The monoisotopic (exact) mass is 291 g/mol. The molecule has 0 aromatic carbocycles. The number of nitrogens with zero attached hydrogens (tertiary/aromatic N) is 1. The Bertz CT molecular complexity index is 228. The lowest BCUT2D eigenvalue weighted by molar-refractivity contribution is 0.0698. The molecule has 0 aliphatic heterocycles. The van der Waals surface area contributed by atoms with Gasteiger partial charge in [0.05, 0.1) is 19.8 Å². The molecule has 0 aliphatic rings. The van der Waals surface area contributed by atoms with E-state index in [-0.39, 0.29) is 0 Å². The van der Waals surface area contributed by atoms with Crippen LogP contribution >= 0.6 is 11.8 Å². The van der Waals surface area contributed by atoms with E-state index in [1.54, 1.807) is 7.11 Å². The summed E-state index contributed by atoms with van der Waals surface area (Å²) in [6.45, 7) is 8.90. The topological polar surface area (TPSA) is 54.9 Å². The van der Waals surface area contributed by atoms with Gasteiger partial charge in [0.2, 0.25) is 0 Å². The number of hydrogen-bond donors (Lipinski definition) is 2. The lowest BCUT2D eigenvalue weighted by atomic mass is 10.4. The van der Waals surface area contributed by atoms with E-state index >= 15 is 0 Å². The van der Waals surface area contributed by atoms with Gasteiger partial charge in [-0.15, -0.1) is 0 Å². The molecule has 2 N–H and O–H groups in total. The van der Waals surface area contributed by atoms with Crippen molar-refractivity contribution in [3.8, 4) is 0 Å². The summed E-state index contributed by atoms with van der Waals surface area (Å²) in [5.74, 6) is 0.889. The first-order valence-corrected chi connectivity index (χ1v) is 8.15. The van der Waals surface area contributed by atoms with Gasteiger partial charge in [-0.25, -0.2) is 0 Å². The Balaban J connectivity index is 3.69. The number of aliphatic imine (C=N–C) groups is 1. The largest absolute Gasteiger partial charge is 0.382 e. The number of guanidine groups is 1. The minimum Gasteiger partial charge on any atom is -0.382 e. The van der Waals surface area contributed by atoms with Crippen molar-refractivity contribution < 1.29 is 9.47 Å². The lowest BCUT2D eigenvalue weighted by Crippen LogP contribution is -2.38. The summed E-state index contributed by atoms with van der Waals surface area (Å²) in [4.78, 5) is 4.54. The zero-order valence-electron chi connectivity index (χ0n) is 12.7. The summed E-state index contributed by atoms with van der Waals surface area (Å²) < 4.78 is 10.3. The summed E-state index contributed by atoms with van der Waals surface area (Å²) >= 11 is 1.83. The van der Waals surface area contributed by atoms with Gasteiger partial charge in [-0.2, -0.15) is 11.8 Å². The second-order valence-electron chi connectivity index (χ2n) is 4.15. The van der Waals surface area contributed by atoms with Crippen LogP contribution in [-0.2, 0) is 9.47 Å². The predicted molar refractivity (Wildman–Crippen MR) is 84.3 cm³/mol. The maximum atomic E-state index is 5.40. The van der Waals surface area contributed by atoms with E-state index in [0.717, 1.165) is 38.6 Å². The number of methoxy groups -OCH3 is 1. The molecule has 1 atom stereocenters. The van der Waals surface area contributed by atoms with Gasteiger partial charge < -0.3 is 20.1 Å². The predicted octanol–water partition coefficient (Wildman–Crippen LogP) is 1.35. The van der Waals surface area contributed by atoms with E-state index < -0.39 is 0 Å². The van der Waals surface area contributed by atoms with E-state index in [1.807, 2.05) is 11.8 Å². The molecule has 5 nitrogen and oxygen atoms in total. The third kappa shape index (κ3) is 12.3. The maximum absolute atomic E-state index is 5.40. The highest BCUT2D eigenvalue weighted by molar-refractivity contribution is 7.99. The number of hydrogen-bond acceptors (Lipinski definition) is 4. The first-order chi connectivity index (χ1) is 9.24. The molecule has 0 aliphatic carbocycles. The van der Waals surface area contributed by atoms with E-state index in [9.17, 15) is 0 Å². The molecule has 0 spiro atoms. The minimum atomic E-state index is 0.549. The molecule has 0 fully saturated rings. The molecule has 0 aromatic rings. The molecule has 0 saturated heterocycles. The Morgan fingerprint density at radius 3 is 2.68 bits per heavy atom. The van der Waals surface area contributed by atoms with Gasteiger partial charge in [-0.3, -0.25) is 4.99 Å². The highest BCUT2D eigenvalue weighted by Crippen LogP contribution is 2.04. The van der Waals surface area contributed by atoms with Crippen molar-refractivity contribution in [2.75, 3.05) is 52.8 Å². The fraction of sp³-hybridized carbons (Fsp3) is 0.923. The van der Waals surface area contributed by atoms with Crippen molar-refractivity contribution in [1.82, 2.24) is 10.6 Å². The van der Waals surface area contributed by atoms with Gasteiger partial charge in [0, 0.05) is 32.1 Å². The van der Waals surface area contributed by atoms with Crippen molar-refractivity contribution in [3.63, 3.8) is 0 Å². The molecular formula is C13H29N3O2S. The summed E-state index contributed by atoms with van der Waals surface area (Å²) in [6.07, 6.45) is 3.07. The molecule has 19 heavy (non-hydrogen) atoms. The van der Waals surface area contributed by atoms with Crippen molar-refractivity contribution in [2.45, 2.75) is 25.5 Å². The Morgan fingerprint density at radius 2 is 2.05 bits per heavy atom. The molecule has 114 valence electrons. The van der Waals surface area contributed by atoms with Crippen LogP contribution < -0.4 is 10.6 Å². The fourth-order valence-electron chi connectivity index (χ4n) is 1.26. The highest BCUT2D eigenvalue weighted by Gasteiger charge is 2.00.